The smallest absolute Gasteiger partial charge is 0.122 e. The molecule has 0 aromatic heterocycles. The number of nitrogens with one attached hydrogen (secondary N) is 1. The molecule has 2 aromatic rings. The maximum Gasteiger partial charge on any atom is 0.122 e. The second-order valence-corrected chi connectivity index (χ2v) is 5.76. The van der Waals surface area contributed by atoms with Crippen molar-refractivity contribution in [1.29, 1.82) is 0 Å². The third kappa shape index (κ3) is 4.80. The van der Waals surface area contributed by atoms with Crippen LogP contribution < -0.4 is 14.8 Å². The third-order valence-electron chi connectivity index (χ3n) is 3.31. The summed E-state index contributed by atoms with van der Waals surface area (Å²) >= 11 is 12.0. The summed E-state index contributed by atoms with van der Waals surface area (Å²) in [6.45, 7) is 1.53. The van der Waals surface area contributed by atoms with Crippen LogP contribution >= 0.6 is 23.2 Å². The zero-order chi connectivity index (χ0) is 15.9. The van der Waals surface area contributed by atoms with E-state index in [4.69, 9.17) is 32.7 Å². The minimum Gasteiger partial charge on any atom is -0.497 e. The van der Waals surface area contributed by atoms with Crippen molar-refractivity contribution < 1.29 is 9.47 Å². The van der Waals surface area contributed by atoms with Crippen molar-refractivity contribution in [1.82, 2.24) is 5.32 Å². The van der Waals surface area contributed by atoms with Crippen LogP contribution in [0.3, 0.4) is 0 Å². The second kappa shape index (κ2) is 8.28. The summed E-state index contributed by atoms with van der Waals surface area (Å²) < 4.78 is 10.6. The van der Waals surface area contributed by atoms with Crippen LogP contribution in [0.5, 0.6) is 11.5 Å². The summed E-state index contributed by atoms with van der Waals surface area (Å²) in [5.41, 5.74) is 2.17. The summed E-state index contributed by atoms with van der Waals surface area (Å²) in [6, 6.07) is 11.4. The fourth-order valence-electron chi connectivity index (χ4n) is 2.25. The molecule has 0 heterocycles. The molecule has 0 aliphatic carbocycles. The lowest BCUT2D eigenvalue weighted by Crippen LogP contribution is -2.17. The first-order valence-electron chi connectivity index (χ1n) is 6.99. The number of hydrogen-bond donors (Lipinski definition) is 1. The summed E-state index contributed by atoms with van der Waals surface area (Å²) in [4.78, 5) is 0. The van der Waals surface area contributed by atoms with Crippen LogP contribution in [0.4, 0.5) is 0 Å². The van der Waals surface area contributed by atoms with Gasteiger partial charge in [0, 0.05) is 16.6 Å². The molecule has 0 aliphatic heterocycles. The van der Waals surface area contributed by atoms with Crippen LogP contribution in [0.15, 0.2) is 36.4 Å². The van der Waals surface area contributed by atoms with Gasteiger partial charge in [-0.25, -0.2) is 0 Å². The highest BCUT2D eigenvalue weighted by atomic mass is 35.5. The van der Waals surface area contributed by atoms with Crippen molar-refractivity contribution in [3.05, 3.63) is 57.6 Å². The second-order valence-electron chi connectivity index (χ2n) is 4.88. The minimum absolute atomic E-state index is 0.652. The Morgan fingerprint density at radius 1 is 0.955 bits per heavy atom. The summed E-state index contributed by atoms with van der Waals surface area (Å²) in [5, 5.41) is 4.68. The number of hydrogen-bond acceptors (Lipinski definition) is 3. The molecule has 118 valence electrons. The quantitative estimate of drug-likeness (QED) is 0.761. The van der Waals surface area contributed by atoms with Gasteiger partial charge in [0.2, 0.25) is 0 Å². The van der Waals surface area contributed by atoms with Crippen LogP contribution in [0.1, 0.15) is 11.1 Å². The average Bonchev–Trinajstić information content (AvgIpc) is 2.50. The molecule has 0 spiro atoms. The summed E-state index contributed by atoms with van der Waals surface area (Å²) in [5.74, 6) is 1.70. The molecule has 0 atom stereocenters. The fourth-order valence-corrected chi connectivity index (χ4v) is 2.82. The molecule has 5 heteroatoms. The number of ether oxygens (including phenoxy) is 2. The van der Waals surface area contributed by atoms with Gasteiger partial charge in [-0.3, -0.25) is 0 Å². The molecule has 3 nitrogen and oxygen atoms in total. The van der Waals surface area contributed by atoms with Crippen LogP contribution in [0.2, 0.25) is 10.0 Å². The zero-order valence-corrected chi connectivity index (χ0v) is 14.2. The predicted molar refractivity (Wildman–Crippen MR) is 91.4 cm³/mol. The Bertz CT molecular complexity index is 612. The molecule has 0 saturated carbocycles. The van der Waals surface area contributed by atoms with Crippen LogP contribution in [0.25, 0.3) is 0 Å². The first-order chi connectivity index (χ1) is 10.6. The molecule has 2 aromatic carbocycles. The van der Waals surface area contributed by atoms with E-state index in [1.807, 2.05) is 30.3 Å². The Balaban J connectivity index is 1.90. The van der Waals surface area contributed by atoms with Crippen LogP contribution in [-0.2, 0) is 13.0 Å². The van der Waals surface area contributed by atoms with E-state index < -0.39 is 0 Å². The molecule has 22 heavy (non-hydrogen) atoms. The van der Waals surface area contributed by atoms with Crippen molar-refractivity contribution in [2.75, 3.05) is 20.8 Å². The van der Waals surface area contributed by atoms with Gasteiger partial charge >= 0.3 is 0 Å². The topological polar surface area (TPSA) is 30.5 Å². The van der Waals surface area contributed by atoms with Gasteiger partial charge in [-0.05, 0) is 60.5 Å². The van der Waals surface area contributed by atoms with E-state index >= 15 is 0 Å². The minimum atomic E-state index is 0.652. The van der Waals surface area contributed by atoms with Crippen molar-refractivity contribution in [3.63, 3.8) is 0 Å². The van der Waals surface area contributed by atoms with Crippen LogP contribution in [-0.4, -0.2) is 20.8 Å². The maximum atomic E-state index is 5.99. The van der Waals surface area contributed by atoms with Crippen LogP contribution in [0, 0.1) is 0 Å². The molecule has 0 aliphatic rings. The summed E-state index contributed by atoms with van der Waals surface area (Å²) in [7, 11) is 3.33. The van der Waals surface area contributed by atoms with Gasteiger partial charge < -0.3 is 14.8 Å². The van der Waals surface area contributed by atoms with Gasteiger partial charge in [-0.1, -0.05) is 23.2 Å². The number of halogens is 2. The lowest BCUT2D eigenvalue weighted by atomic mass is 10.1. The zero-order valence-electron chi connectivity index (χ0n) is 12.7. The van der Waals surface area contributed by atoms with E-state index in [-0.39, 0.29) is 0 Å². The van der Waals surface area contributed by atoms with Gasteiger partial charge in [0.1, 0.15) is 11.5 Å². The molecule has 0 bridgehead atoms. The lowest BCUT2D eigenvalue weighted by Gasteiger charge is -2.11. The number of methoxy groups -OCH3 is 2. The lowest BCUT2D eigenvalue weighted by molar-refractivity contribution is 0.398. The SMILES string of the molecule is COc1ccc(OC)c(CCNCc2cc(Cl)cc(Cl)c2)c1. The van der Waals surface area contributed by atoms with E-state index in [0.717, 1.165) is 35.6 Å². The number of benzene rings is 2. The van der Waals surface area contributed by atoms with Gasteiger partial charge in [0.25, 0.3) is 0 Å². The van der Waals surface area contributed by atoms with E-state index in [0.29, 0.717) is 16.6 Å². The standard InChI is InChI=1S/C17H19Cl2NO2/c1-21-16-3-4-17(22-2)13(9-16)5-6-20-11-12-7-14(18)10-15(19)8-12/h3-4,7-10,20H,5-6,11H2,1-2H3. The van der Waals surface area contributed by atoms with Crippen molar-refractivity contribution in [2.45, 2.75) is 13.0 Å². The Labute approximate surface area is 141 Å². The predicted octanol–water partition coefficient (Wildman–Crippen LogP) is 4.34. The Kier molecular flexibility index (Phi) is 6.37. The van der Waals surface area contributed by atoms with E-state index in [2.05, 4.69) is 5.32 Å². The number of rotatable bonds is 7. The van der Waals surface area contributed by atoms with Crippen molar-refractivity contribution >= 4 is 23.2 Å². The molecule has 0 radical (unpaired) electrons. The third-order valence-corrected chi connectivity index (χ3v) is 3.75. The van der Waals surface area contributed by atoms with Crippen molar-refractivity contribution in [2.24, 2.45) is 0 Å². The van der Waals surface area contributed by atoms with E-state index in [9.17, 15) is 0 Å². The highest BCUT2D eigenvalue weighted by Crippen LogP contribution is 2.24. The molecule has 0 fully saturated rings. The molecule has 1 N–H and O–H groups in total. The van der Waals surface area contributed by atoms with Gasteiger partial charge in [-0.15, -0.1) is 0 Å². The molecule has 2 rings (SSSR count). The normalized spacial score (nSPS) is 10.5. The van der Waals surface area contributed by atoms with Crippen molar-refractivity contribution in [3.8, 4) is 11.5 Å². The largest absolute Gasteiger partial charge is 0.497 e. The molecule has 0 amide bonds. The first kappa shape index (κ1) is 16.9. The molecular formula is C17H19Cl2NO2. The summed E-state index contributed by atoms with van der Waals surface area (Å²) in [6.07, 6.45) is 0.842. The maximum absolute atomic E-state index is 5.99. The van der Waals surface area contributed by atoms with Gasteiger partial charge in [0.05, 0.1) is 14.2 Å². The average molecular weight is 340 g/mol. The van der Waals surface area contributed by atoms with Gasteiger partial charge in [0.15, 0.2) is 0 Å². The molecule has 0 saturated heterocycles. The highest BCUT2D eigenvalue weighted by molar-refractivity contribution is 6.34. The van der Waals surface area contributed by atoms with Gasteiger partial charge in [-0.2, -0.15) is 0 Å². The fraction of sp³-hybridized carbons (Fsp3) is 0.294. The van der Waals surface area contributed by atoms with E-state index in [1.54, 1.807) is 20.3 Å². The Morgan fingerprint density at radius 3 is 2.32 bits per heavy atom. The highest BCUT2D eigenvalue weighted by Gasteiger charge is 2.05. The first-order valence-corrected chi connectivity index (χ1v) is 7.74. The Hall–Kier alpha value is -1.42. The molecular weight excluding hydrogens is 321 g/mol. The van der Waals surface area contributed by atoms with E-state index in [1.165, 1.54) is 0 Å². The molecule has 0 unspecified atom stereocenters. The monoisotopic (exact) mass is 339 g/mol. The Morgan fingerprint density at radius 2 is 1.68 bits per heavy atom.